The molecule has 1 N–H and O–H groups in total. The molecule has 82 valence electrons. The summed E-state index contributed by atoms with van der Waals surface area (Å²) in [5.74, 6) is 0.386. The third-order valence-corrected chi connectivity index (χ3v) is 3.15. The molecule has 1 heterocycles. The van der Waals surface area contributed by atoms with Gasteiger partial charge in [0.25, 0.3) is 5.56 Å². The second-order valence-corrected chi connectivity index (χ2v) is 4.09. The minimum atomic E-state index is -0.271. The van der Waals surface area contributed by atoms with Gasteiger partial charge in [0.05, 0.1) is 0 Å². The Bertz CT molecular complexity index is 421. The Kier molecular flexibility index (Phi) is 2.75. The molecular formula is C11H16N2O2. The van der Waals surface area contributed by atoms with Gasteiger partial charge in [0.2, 0.25) is 0 Å². The summed E-state index contributed by atoms with van der Waals surface area (Å²) in [6.07, 6.45) is 4.57. The molecule has 1 saturated carbocycles. The van der Waals surface area contributed by atoms with Crippen molar-refractivity contribution < 1.29 is 0 Å². The van der Waals surface area contributed by atoms with Crippen LogP contribution in [0.25, 0.3) is 0 Å². The molecule has 15 heavy (non-hydrogen) atoms. The van der Waals surface area contributed by atoms with Gasteiger partial charge in [-0.25, -0.2) is 4.79 Å². The number of hydrogen-bond donors (Lipinski definition) is 1. The largest absolute Gasteiger partial charge is 0.328 e. The first-order valence-corrected chi connectivity index (χ1v) is 5.56. The van der Waals surface area contributed by atoms with Crippen LogP contribution in [0.1, 0.15) is 44.2 Å². The predicted octanol–water partition coefficient (Wildman–Crippen LogP) is 1.21. The molecule has 1 aliphatic rings. The van der Waals surface area contributed by atoms with Crippen LogP contribution >= 0.6 is 0 Å². The van der Waals surface area contributed by atoms with Crippen molar-refractivity contribution in [2.45, 2.75) is 45.1 Å². The van der Waals surface area contributed by atoms with Crippen molar-refractivity contribution in [3.63, 3.8) is 0 Å². The van der Waals surface area contributed by atoms with Crippen LogP contribution in [0.15, 0.2) is 15.7 Å². The number of rotatable bonds is 2. The molecule has 0 radical (unpaired) electrons. The minimum absolute atomic E-state index is 0.178. The summed E-state index contributed by atoms with van der Waals surface area (Å²) in [7, 11) is 0. The van der Waals surface area contributed by atoms with Crippen LogP contribution in [0.5, 0.6) is 0 Å². The number of hydrogen-bond acceptors (Lipinski definition) is 2. The first-order valence-electron chi connectivity index (χ1n) is 5.56. The molecule has 0 atom stereocenters. The standard InChI is InChI=1S/C11H16N2O2/c1-2-13-10(14)7-9(12-11(13)15)8-5-3-4-6-8/h7-8H,2-6H2,1H3,(H,12,15). The molecule has 0 spiro atoms. The van der Waals surface area contributed by atoms with E-state index >= 15 is 0 Å². The number of nitrogens with zero attached hydrogens (tertiary/aromatic N) is 1. The van der Waals surface area contributed by atoms with E-state index in [4.69, 9.17) is 0 Å². The van der Waals surface area contributed by atoms with E-state index in [9.17, 15) is 9.59 Å². The summed E-state index contributed by atoms with van der Waals surface area (Å²) in [6, 6.07) is 1.58. The fourth-order valence-corrected chi connectivity index (χ4v) is 2.29. The molecule has 4 heteroatoms. The second kappa shape index (κ2) is 4.04. The molecule has 1 aliphatic carbocycles. The highest BCUT2D eigenvalue weighted by Gasteiger charge is 2.18. The van der Waals surface area contributed by atoms with Crippen LogP contribution in [0.2, 0.25) is 0 Å². The number of nitrogens with one attached hydrogen (secondary N) is 1. The van der Waals surface area contributed by atoms with E-state index in [1.165, 1.54) is 17.4 Å². The Labute approximate surface area is 88.0 Å². The monoisotopic (exact) mass is 208 g/mol. The van der Waals surface area contributed by atoms with Crippen molar-refractivity contribution in [2.24, 2.45) is 0 Å². The number of H-pyrrole nitrogens is 1. The fourth-order valence-electron chi connectivity index (χ4n) is 2.29. The van der Waals surface area contributed by atoms with Crippen molar-refractivity contribution in [3.05, 3.63) is 32.6 Å². The Morgan fingerprint density at radius 3 is 2.60 bits per heavy atom. The zero-order chi connectivity index (χ0) is 10.8. The quantitative estimate of drug-likeness (QED) is 0.794. The van der Waals surface area contributed by atoms with Crippen LogP contribution in [0.3, 0.4) is 0 Å². The maximum Gasteiger partial charge on any atom is 0.328 e. The van der Waals surface area contributed by atoms with Gasteiger partial charge in [-0.2, -0.15) is 0 Å². The van der Waals surface area contributed by atoms with Gasteiger partial charge in [-0.15, -0.1) is 0 Å². The van der Waals surface area contributed by atoms with Crippen molar-refractivity contribution in [2.75, 3.05) is 0 Å². The van der Waals surface area contributed by atoms with Gasteiger partial charge in [-0.3, -0.25) is 9.36 Å². The average molecular weight is 208 g/mol. The van der Waals surface area contributed by atoms with E-state index in [2.05, 4.69) is 4.98 Å². The highest BCUT2D eigenvalue weighted by molar-refractivity contribution is 5.08. The molecule has 4 nitrogen and oxygen atoms in total. The van der Waals surface area contributed by atoms with Crippen LogP contribution in [-0.2, 0) is 6.54 Å². The van der Waals surface area contributed by atoms with Gasteiger partial charge in [0.15, 0.2) is 0 Å². The Hall–Kier alpha value is -1.32. The van der Waals surface area contributed by atoms with Crippen LogP contribution in [-0.4, -0.2) is 9.55 Å². The lowest BCUT2D eigenvalue weighted by atomic mass is 10.0. The van der Waals surface area contributed by atoms with Crippen molar-refractivity contribution in [1.29, 1.82) is 0 Å². The van der Waals surface area contributed by atoms with E-state index in [-0.39, 0.29) is 11.2 Å². The van der Waals surface area contributed by atoms with Crippen LogP contribution in [0.4, 0.5) is 0 Å². The molecule has 1 aromatic heterocycles. The van der Waals surface area contributed by atoms with Crippen molar-refractivity contribution >= 4 is 0 Å². The van der Waals surface area contributed by atoms with Gasteiger partial charge in [0, 0.05) is 18.3 Å². The van der Waals surface area contributed by atoms with Crippen LogP contribution in [0, 0.1) is 0 Å². The van der Waals surface area contributed by atoms with E-state index in [1.807, 2.05) is 0 Å². The third kappa shape index (κ3) is 1.89. The molecule has 0 aromatic carbocycles. The van der Waals surface area contributed by atoms with Gasteiger partial charge < -0.3 is 4.98 Å². The molecule has 0 unspecified atom stereocenters. The van der Waals surface area contributed by atoms with E-state index in [0.29, 0.717) is 12.5 Å². The minimum Gasteiger partial charge on any atom is -0.311 e. The average Bonchev–Trinajstić information content (AvgIpc) is 2.69. The normalized spacial score (nSPS) is 17.1. The predicted molar refractivity (Wildman–Crippen MR) is 58.2 cm³/mol. The first kappa shape index (κ1) is 10.2. The van der Waals surface area contributed by atoms with Gasteiger partial charge in [-0.05, 0) is 25.7 Å². The summed E-state index contributed by atoms with van der Waals surface area (Å²) in [6.45, 7) is 2.23. The maximum atomic E-state index is 11.6. The molecule has 0 bridgehead atoms. The lowest BCUT2D eigenvalue weighted by Crippen LogP contribution is -2.35. The number of aromatic nitrogens is 2. The Morgan fingerprint density at radius 2 is 2.07 bits per heavy atom. The number of aromatic amines is 1. The summed E-state index contributed by atoms with van der Waals surface area (Å²) < 4.78 is 1.22. The zero-order valence-corrected chi connectivity index (χ0v) is 8.95. The van der Waals surface area contributed by atoms with Crippen molar-refractivity contribution in [1.82, 2.24) is 9.55 Å². The summed E-state index contributed by atoms with van der Waals surface area (Å²) in [5.41, 5.74) is 0.377. The van der Waals surface area contributed by atoms with E-state index in [0.717, 1.165) is 18.5 Å². The second-order valence-electron chi connectivity index (χ2n) is 4.09. The highest BCUT2D eigenvalue weighted by atomic mass is 16.2. The third-order valence-electron chi connectivity index (χ3n) is 3.15. The summed E-state index contributed by atoms with van der Waals surface area (Å²) in [4.78, 5) is 26.0. The SMILES string of the molecule is CCn1c(=O)cc(C2CCCC2)[nH]c1=O. The topological polar surface area (TPSA) is 54.9 Å². The Morgan fingerprint density at radius 1 is 1.40 bits per heavy atom. The molecule has 0 saturated heterocycles. The molecule has 2 rings (SSSR count). The lowest BCUT2D eigenvalue weighted by molar-refractivity contribution is 0.628. The molecule has 1 fully saturated rings. The van der Waals surface area contributed by atoms with Gasteiger partial charge in [0.1, 0.15) is 0 Å². The van der Waals surface area contributed by atoms with Crippen molar-refractivity contribution in [3.8, 4) is 0 Å². The molecular weight excluding hydrogens is 192 g/mol. The van der Waals surface area contributed by atoms with E-state index < -0.39 is 0 Å². The maximum absolute atomic E-state index is 11.6. The van der Waals surface area contributed by atoms with E-state index in [1.54, 1.807) is 13.0 Å². The highest BCUT2D eigenvalue weighted by Crippen LogP contribution is 2.31. The van der Waals surface area contributed by atoms with Crippen LogP contribution < -0.4 is 11.2 Å². The molecule has 1 aromatic rings. The lowest BCUT2D eigenvalue weighted by Gasteiger charge is -2.09. The molecule has 0 amide bonds. The van der Waals surface area contributed by atoms with Gasteiger partial charge >= 0.3 is 5.69 Å². The summed E-state index contributed by atoms with van der Waals surface area (Å²) in [5, 5.41) is 0. The first-order chi connectivity index (χ1) is 7.22. The van der Waals surface area contributed by atoms with Gasteiger partial charge in [-0.1, -0.05) is 12.8 Å². The molecule has 0 aliphatic heterocycles. The summed E-state index contributed by atoms with van der Waals surface area (Å²) >= 11 is 0. The smallest absolute Gasteiger partial charge is 0.311 e. The zero-order valence-electron chi connectivity index (χ0n) is 8.95. The fraction of sp³-hybridized carbons (Fsp3) is 0.636. The Balaban J connectivity index is 2.43.